The van der Waals surface area contributed by atoms with E-state index in [1.165, 1.54) is 25.8 Å². The maximum atomic E-state index is 2.55. The van der Waals surface area contributed by atoms with E-state index in [1.807, 2.05) is 0 Å². The van der Waals surface area contributed by atoms with Gasteiger partial charge in [0.05, 0.1) is 0 Å². The fourth-order valence-electron chi connectivity index (χ4n) is 2.05. The number of allylic oxidation sites excluding steroid dienone is 2. The molecule has 0 radical (unpaired) electrons. The SMILES string of the molecule is C/C=C/CCC(C)CCN1CC=CC1C. The lowest BCUT2D eigenvalue weighted by Gasteiger charge is -2.22. The van der Waals surface area contributed by atoms with Crippen molar-refractivity contribution in [1.82, 2.24) is 4.90 Å². The third-order valence-corrected chi connectivity index (χ3v) is 3.30. The Morgan fingerprint density at radius 1 is 1.47 bits per heavy atom. The smallest absolute Gasteiger partial charge is 0.0253 e. The molecule has 0 N–H and O–H groups in total. The largest absolute Gasteiger partial charge is 0.294 e. The van der Waals surface area contributed by atoms with Gasteiger partial charge in [-0.15, -0.1) is 0 Å². The molecule has 0 fully saturated rings. The van der Waals surface area contributed by atoms with Gasteiger partial charge in [-0.25, -0.2) is 0 Å². The molecule has 0 saturated heterocycles. The van der Waals surface area contributed by atoms with E-state index in [2.05, 4.69) is 50.0 Å². The van der Waals surface area contributed by atoms with E-state index in [4.69, 9.17) is 0 Å². The molecule has 0 spiro atoms. The van der Waals surface area contributed by atoms with Crippen molar-refractivity contribution in [1.29, 1.82) is 0 Å². The molecule has 1 aliphatic rings. The maximum absolute atomic E-state index is 2.55. The molecule has 0 aromatic heterocycles. The van der Waals surface area contributed by atoms with Crippen molar-refractivity contribution in [2.45, 2.75) is 46.1 Å². The summed E-state index contributed by atoms with van der Waals surface area (Å²) < 4.78 is 0. The van der Waals surface area contributed by atoms with Crippen molar-refractivity contribution in [3.05, 3.63) is 24.3 Å². The average molecular weight is 207 g/mol. The van der Waals surface area contributed by atoms with Gasteiger partial charge < -0.3 is 0 Å². The van der Waals surface area contributed by atoms with Crippen molar-refractivity contribution in [2.24, 2.45) is 5.92 Å². The molecular weight excluding hydrogens is 182 g/mol. The average Bonchev–Trinajstić information content (AvgIpc) is 2.61. The van der Waals surface area contributed by atoms with Crippen LogP contribution in [0.4, 0.5) is 0 Å². The fourth-order valence-corrected chi connectivity index (χ4v) is 2.05. The van der Waals surface area contributed by atoms with Crippen LogP contribution in [0.25, 0.3) is 0 Å². The standard InChI is InChI=1S/C14H25N/c1-4-5-6-8-13(2)10-12-15-11-7-9-14(15)3/h4-5,7,9,13-14H,6,8,10-12H2,1-3H3/b5-4+. The van der Waals surface area contributed by atoms with Gasteiger partial charge in [0.15, 0.2) is 0 Å². The zero-order chi connectivity index (χ0) is 11.1. The van der Waals surface area contributed by atoms with Crippen molar-refractivity contribution in [3.63, 3.8) is 0 Å². The summed E-state index contributed by atoms with van der Waals surface area (Å²) in [6.07, 6.45) is 12.9. The van der Waals surface area contributed by atoms with E-state index in [1.54, 1.807) is 0 Å². The summed E-state index contributed by atoms with van der Waals surface area (Å²) in [6, 6.07) is 0.660. The summed E-state index contributed by atoms with van der Waals surface area (Å²) in [5.41, 5.74) is 0. The molecule has 1 nitrogen and oxygen atoms in total. The summed E-state index contributed by atoms with van der Waals surface area (Å²) in [6.45, 7) is 9.17. The second kappa shape index (κ2) is 6.84. The molecule has 1 heteroatoms. The Hall–Kier alpha value is -0.560. The van der Waals surface area contributed by atoms with Gasteiger partial charge in [-0.3, -0.25) is 4.90 Å². The third-order valence-electron chi connectivity index (χ3n) is 3.30. The van der Waals surface area contributed by atoms with Gasteiger partial charge in [0.25, 0.3) is 0 Å². The lowest BCUT2D eigenvalue weighted by Crippen LogP contribution is -2.29. The summed E-state index contributed by atoms with van der Waals surface area (Å²) >= 11 is 0. The van der Waals surface area contributed by atoms with Gasteiger partial charge in [-0.2, -0.15) is 0 Å². The Bertz CT molecular complexity index is 217. The quantitative estimate of drug-likeness (QED) is 0.601. The molecule has 1 aliphatic heterocycles. The molecule has 0 aliphatic carbocycles. The molecule has 0 bridgehead atoms. The Kier molecular flexibility index (Phi) is 5.70. The molecular formula is C14H25N. The summed E-state index contributed by atoms with van der Waals surface area (Å²) in [4.78, 5) is 2.55. The molecule has 2 atom stereocenters. The van der Waals surface area contributed by atoms with Crippen molar-refractivity contribution in [3.8, 4) is 0 Å². The number of rotatable bonds is 6. The fraction of sp³-hybridized carbons (Fsp3) is 0.714. The number of nitrogens with zero attached hydrogens (tertiary/aromatic N) is 1. The number of hydrogen-bond acceptors (Lipinski definition) is 1. The molecule has 0 aromatic rings. The molecule has 1 heterocycles. The van der Waals surface area contributed by atoms with Crippen LogP contribution in [0.2, 0.25) is 0 Å². The molecule has 15 heavy (non-hydrogen) atoms. The molecule has 1 rings (SSSR count). The van der Waals surface area contributed by atoms with Crippen LogP contribution in [0.15, 0.2) is 24.3 Å². The van der Waals surface area contributed by atoms with Crippen LogP contribution in [0.1, 0.15) is 40.0 Å². The summed E-state index contributed by atoms with van der Waals surface area (Å²) in [5, 5.41) is 0. The van der Waals surface area contributed by atoms with E-state index in [0.29, 0.717) is 6.04 Å². The zero-order valence-electron chi connectivity index (χ0n) is 10.4. The van der Waals surface area contributed by atoms with Gasteiger partial charge in [-0.05, 0) is 45.6 Å². The van der Waals surface area contributed by atoms with Crippen LogP contribution in [0.3, 0.4) is 0 Å². The van der Waals surface area contributed by atoms with Crippen molar-refractivity contribution < 1.29 is 0 Å². The lowest BCUT2D eigenvalue weighted by molar-refractivity contribution is 0.261. The predicted molar refractivity (Wildman–Crippen MR) is 68.0 cm³/mol. The Morgan fingerprint density at radius 3 is 2.87 bits per heavy atom. The van der Waals surface area contributed by atoms with Gasteiger partial charge in [0, 0.05) is 12.6 Å². The second-order valence-corrected chi connectivity index (χ2v) is 4.70. The minimum atomic E-state index is 0.660. The lowest BCUT2D eigenvalue weighted by atomic mass is 10.0. The zero-order valence-corrected chi connectivity index (χ0v) is 10.4. The van der Waals surface area contributed by atoms with E-state index < -0.39 is 0 Å². The molecule has 0 aromatic carbocycles. The van der Waals surface area contributed by atoms with Crippen LogP contribution in [-0.2, 0) is 0 Å². The van der Waals surface area contributed by atoms with Crippen molar-refractivity contribution >= 4 is 0 Å². The topological polar surface area (TPSA) is 3.24 Å². The van der Waals surface area contributed by atoms with Crippen LogP contribution in [-0.4, -0.2) is 24.0 Å². The van der Waals surface area contributed by atoms with Gasteiger partial charge in [-0.1, -0.05) is 31.2 Å². The highest BCUT2D eigenvalue weighted by molar-refractivity contribution is 5.01. The maximum Gasteiger partial charge on any atom is 0.0253 e. The monoisotopic (exact) mass is 207 g/mol. The second-order valence-electron chi connectivity index (χ2n) is 4.70. The normalized spacial score (nSPS) is 24.1. The van der Waals surface area contributed by atoms with Crippen molar-refractivity contribution in [2.75, 3.05) is 13.1 Å². The molecule has 2 unspecified atom stereocenters. The minimum absolute atomic E-state index is 0.660. The Balaban J connectivity index is 2.08. The third kappa shape index (κ3) is 4.65. The first-order chi connectivity index (χ1) is 7.24. The first kappa shape index (κ1) is 12.5. The van der Waals surface area contributed by atoms with Crippen LogP contribution >= 0.6 is 0 Å². The molecule has 0 saturated carbocycles. The highest BCUT2D eigenvalue weighted by Crippen LogP contribution is 2.15. The van der Waals surface area contributed by atoms with Crippen LogP contribution in [0, 0.1) is 5.92 Å². The Morgan fingerprint density at radius 2 is 2.27 bits per heavy atom. The highest BCUT2D eigenvalue weighted by Gasteiger charge is 2.14. The van der Waals surface area contributed by atoms with E-state index in [9.17, 15) is 0 Å². The summed E-state index contributed by atoms with van der Waals surface area (Å²) in [7, 11) is 0. The Labute approximate surface area is 94.9 Å². The van der Waals surface area contributed by atoms with E-state index in [-0.39, 0.29) is 0 Å². The highest BCUT2D eigenvalue weighted by atomic mass is 15.2. The van der Waals surface area contributed by atoms with E-state index >= 15 is 0 Å². The minimum Gasteiger partial charge on any atom is -0.294 e. The van der Waals surface area contributed by atoms with Gasteiger partial charge >= 0.3 is 0 Å². The predicted octanol–water partition coefficient (Wildman–Crippen LogP) is 3.63. The van der Waals surface area contributed by atoms with Crippen LogP contribution < -0.4 is 0 Å². The molecule has 86 valence electrons. The first-order valence-corrected chi connectivity index (χ1v) is 6.26. The summed E-state index contributed by atoms with van der Waals surface area (Å²) in [5.74, 6) is 0.856. The molecule has 0 amide bonds. The van der Waals surface area contributed by atoms with E-state index in [0.717, 1.165) is 12.5 Å². The van der Waals surface area contributed by atoms with Gasteiger partial charge in [0.1, 0.15) is 0 Å². The van der Waals surface area contributed by atoms with Crippen LogP contribution in [0.5, 0.6) is 0 Å². The van der Waals surface area contributed by atoms with Gasteiger partial charge in [0.2, 0.25) is 0 Å². The first-order valence-electron chi connectivity index (χ1n) is 6.26. The number of hydrogen-bond donors (Lipinski definition) is 0.